The molecule has 1 atom stereocenters. The Morgan fingerprint density at radius 1 is 1.77 bits per heavy atom. The zero-order valence-corrected chi connectivity index (χ0v) is 7.30. The maximum absolute atomic E-state index is 10.4. The van der Waals surface area contributed by atoms with E-state index in [0.717, 1.165) is 0 Å². The molecule has 0 saturated carbocycles. The van der Waals surface area contributed by atoms with Crippen LogP contribution in [0, 0.1) is 0 Å². The van der Waals surface area contributed by atoms with Gasteiger partial charge in [-0.25, -0.2) is 9.78 Å². The van der Waals surface area contributed by atoms with Crippen molar-refractivity contribution in [1.29, 1.82) is 0 Å². The van der Waals surface area contributed by atoms with E-state index in [2.05, 4.69) is 10.3 Å². The van der Waals surface area contributed by atoms with Crippen LogP contribution in [0.3, 0.4) is 0 Å². The molecule has 0 saturated heterocycles. The van der Waals surface area contributed by atoms with Crippen molar-refractivity contribution in [3.05, 3.63) is 11.1 Å². The summed E-state index contributed by atoms with van der Waals surface area (Å²) in [6.45, 7) is 0. The largest absolute Gasteiger partial charge is 0.375 e. The molecule has 1 aromatic heterocycles. The number of aromatic nitrogens is 1. The molecule has 1 heterocycles. The second-order valence-corrected chi connectivity index (χ2v) is 3.06. The number of nitrogens with zero attached hydrogens (tertiary/aromatic N) is 1. The van der Waals surface area contributed by atoms with E-state index in [1.807, 2.05) is 0 Å². The number of thiazole rings is 1. The Labute approximate surface area is 77.9 Å². The van der Waals surface area contributed by atoms with Gasteiger partial charge in [0.2, 0.25) is 6.29 Å². The SMILES string of the molecule is NC(=O)NC([C]=O)c1csc(N)n1. The van der Waals surface area contributed by atoms with E-state index in [-0.39, 0.29) is 0 Å². The molecule has 1 radical (unpaired) electrons. The van der Waals surface area contributed by atoms with Crippen molar-refractivity contribution in [1.82, 2.24) is 10.3 Å². The van der Waals surface area contributed by atoms with Gasteiger partial charge in [0.15, 0.2) is 5.13 Å². The van der Waals surface area contributed by atoms with E-state index in [1.165, 1.54) is 11.3 Å². The number of nitrogens with two attached hydrogens (primary N) is 2. The van der Waals surface area contributed by atoms with Gasteiger partial charge in [-0.2, -0.15) is 0 Å². The molecule has 1 aromatic rings. The Morgan fingerprint density at radius 2 is 2.46 bits per heavy atom. The monoisotopic (exact) mass is 199 g/mol. The number of nitrogen functional groups attached to an aromatic ring is 1. The van der Waals surface area contributed by atoms with Gasteiger partial charge in [-0.05, 0) is 0 Å². The molecule has 5 N–H and O–H groups in total. The second kappa shape index (κ2) is 3.85. The fourth-order valence-corrected chi connectivity index (χ4v) is 1.33. The van der Waals surface area contributed by atoms with Gasteiger partial charge in [0, 0.05) is 5.38 Å². The number of primary amides is 1. The third-order valence-electron chi connectivity index (χ3n) is 1.24. The molecule has 1 unspecified atom stereocenters. The van der Waals surface area contributed by atoms with E-state index in [0.29, 0.717) is 10.8 Å². The number of hydrogen-bond acceptors (Lipinski definition) is 5. The highest BCUT2D eigenvalue weighted by Gasteiger charge is 2.15. The van der Waals surface area contributed by atoms with Crippen molar-refractivity contribution in [2.75, 3.05) is 5.73 Å². The first kappa shape index (κ1) is 9.46. The minimum atomic E-state index is -0.939. The van der Waals surface area contributed by atoms with E-state index in [4.69, 9.17) is 11.5 Å². The van der Waals surface area contributed by atoms with Crippen molar-refractivity contribution in [3.8, 4) is 0 Å². The molecule has 69 valence electrons. The van der Waals surface area contributed by atoms with Gasteiger partial charge < -0.3 is 16.8 Å². The molecule has 0 aliphatic rings. The molecule has 6 nitrogen and oxygen atoms in total. The lowest BCUT2D eigenvalue weighted by Crippen LogP contribution is -2.34. The summed E-state index contributed by atoms with van der Waals surface area (Å²) in [5.74, 6) is 0. The Bertz CT molecular complexity index is 324. The van der Waals surface area contributed by atoms with E-state index < -0.39 is 12.1 Å². The molecule has 0 fully saturated rings. The number of carbonyl (C=O) groups is 1. The predicted molar refractivity (Wildman–Crippen MR) is 47.7 cm³/mol. The van der Waals surface area contributed by atoms with E-state index in [1.54, 1.807) is 11.7 Å². The van der Waals surface area contributed by atoms with Crippen molar-refractivity contribution < 1.29 is 9.59 Å². The number of urea groups is 1. The van der Waals surface area contributed by atoms with Crippen LogP contribution in [0.1, 0.15) is 11.7 Å². The van der Waals surface area contributed by atoms with Gasteiger partial charge in [-0.15, -0.1) is 11.3 Å². The first-order chi connectivity index (χ1) is 6.13. The van der Waals surface area contributed by atoms with Crippen LogP contribution in [0.15, 0.2) is 5.38 Å². The number of amides is 2. The van der Waals surface area contributed by atoms with Crippen LogP contribution in [-0.2, 0) is 4.79 Å². The van der Waals surface area contributed by atoms with Crippen LogP contribution in [0.2, 0.25) is 0 Å². The van der Waals surface area contributed by atoms with E-state index in [9.17, 15) is 9.59 Å². The average molecular weight is 199 g/mol. The Morgan fingerprint density at radius 3 is 2.85 bits per heavy atom. The third-order valence-corrected chi connectivity index (χ3v) is 1.93. The summed E-state index contributed by atoms with van der Waals surface area (Å²) < 4.78 is 0. The van der Waals surface area contributed by atoms with Gasteiger partial charge in [0.1, 0.15) is 6.04 Å². The predicted octanol–water partition coefficient (Wildman–Crippen LogP) is -0.456. The van der Waals surface area contributed by atoms with Crippen molar-refractivity contribution in [3.63, 3.8) is 0 Å². The molecule has 0 bridgehead atoms. The molecule has 1 rings (SSSR count). The van der Waals surface area contributed by atoms with Crippen LogP contribution in [0.4, 0.5) is 9.93 Å². The van der Waals surface area contributed by atoms with Gasteiger partial charge >= 0.3 is 6.03 Å². The maximum Gasteiger partial charge on any atom is 0.313 e. The number of rotatable bonds is 3. The lowest BCUT2D eigenvalue weighted by atomic mass is 10.2. The Kier molecular flexibility index (Phi) is 2.80. The highest BCUT2D eigenvalue weighted by molar-refractivity contribution is 7.13. The molecular formula is C6H7N4O2S. The van der Waals surface area contributed by atoms with Crippen molar-refractivity contribution in [2.24, 2.45) is 5.73 Å². The Balaban J connectivity index is 2.78. The van der Waals surface area contributed by atoms with Crippen LogP contribution in [0.5, 0.6) is 0 Å². The van der Waals surface area contributed by atoms with Gasteiger partial charge in [-0.3, -0.25) is 4.79 Å². The number of nitrogens with one attached hydrogen (secondary N) is 1. The normalized spacial score (nSPS) is 12.0. The van der Waals surface area contributed by atoms with Crippen molar-refractivity contribution >= 4 is 28.8 Å². The summed E-state index contributed by atoms with van der Waals surface area (Å²) in [5, 5.41) is 4.04. The summed E-state index contributed by atoms with van der Waals surface area (Å²) in [4.78, 5) is 24.6. The third kappa shape index (κ3) is 2.41. The summed E-state index contributed by atoms with van der Waals surface area (Å²) in [6.07, 6.45) is 1.59. The van der Waals surface area contributed by atoms with Crippen LogP contribution in [-0.4, -0.2) is 17.3 Å². The van der Waals surface area contributed by atoms with Gasteiger partial charge in [0.05, 0.1) is 5.69 Å². The molecule has 0 aliphatic carbocycles. The first-order valence-electron chi connectivity index (χ1n) is 3.28. The summed E-state index contributed by atoms with van der Waals surface area (Å²) in [6, 6.07) is -1.74. The van der Waals surface area contributed by atoms with Gasteiger partial charge in [-0.1, -0.05) is 0 Å². The first-order valence-corrected chi connectivity index (χ1v) is 4.16. The molecule has 13 heavy (non-hydrogen) atoms. The second-order valence-electron chi connectivity index (χ2n) is 2.17. The highest BCUT2D eigenvalue weighted by Crippen LogP contribution is 2.16. The maximum atomic E-state index is 10.4. The molecular weight excluding hydrogens is 192 g/mol. The smallest absolute Gasteiger partial charge is 0.313 e. The zero-order chi connectivity index (χ0) is 9.84. The zero-order valence-electron chi connectivity index (χ0n) is 6.48. The van der Waals surface area contributed by atoms with Crippen LogP contribution in [0.25, 0.3) is 0 Å². The fourth-order valence-electron chi connectivity index (χ4n) is 0.739. The number of hydrogen-bond donors (Lipinski definition) is 3. The minimum absolute atomic E-state index is 0.321. The fraction of sp³-hybridized carbons (Fsp3) is 0.167. The highest BCUT2D eigenvalue weighted by atomic mass is 32.1. The van der Waals surface area contributed by atoms with Crippen LogP contribution >= 0.6 is 11.3 Å². The lowest BCUT2D eigenvalue weighted by molar-refractivity contribution is 0.247. The summed E-state index contributed by atoms with van der Waals surface area (Å²) >= 11 is 1.17. The molecule has 0 spiro atoms. The summed E-state index contributed by atoms with van der Waals surface area (Å²) in [7, 11) is 0. The average Bonchev–Trinajstić information content (AvgIpc) is 2.47. The van der Waals surface area contributed by atoms with Crippen LogP contribution < -0.4 is 16.8 Å². The van der Waals surface area contributed by atoms with Crippen molar-refractivity contribution in [2.45, 2.75) is 6.04 Å². The molecule has 0 aromatic carbocycles. The molecule has 7 heteroatoms. The molecule has 2 amide bonds. The topological polar surface area (TPSA) is 111 Å². The number of carbonyl (C=O) groups excluding carboxylic acids is 2. The quantitative estimate of drug-likeness (QED) is 0.611. The standard InChI is InChI=1S/C6H7N4O2S/c7-5(12)9-3(1-11)4-2-13-6(8)10-4/h2-3H,(H2,8,10)(H3,7,9,12). The molecule has 0 aliphatic heterocycles. The summed E-state index contributed by atoms with van der Waals surface area (Å²) in [5.41, 5.74) is 10.5. The number of anilines is 1. The van der Waals surface area contributed by atoms with Gasteiger partial charge in [0.25, 0.3) is 0 Å². The Hall–Kier alpha value is -1.63. The lowest BCUT2D eigenvalue weighted by Gasteiger charge is -2.05. The van der Waals surface area contributed by atoms with E-state index >= 15 is 0 Å². The minimum Gasteiger partial charge on any atom is -0.375 e.